The van der Waals surface area contributed by atoms with Crippen molar-refractivity contribution in [1.82, 2.24) is 4.90 Å². The normalized spacial score (nSPS) is 22.8. The Hall–Kier alpha value is -2.40. The van der Waals surface area contributed by atoms with E-state index in [1.165, 1.54) is 12.1 Å². The van der Waals surface area contributed by atoms with Crippen LogP contribution in [0.2, 0.25) is 0 Å². The van der Waals surface area contributed by atoms with Gasteiger partial charge >= 0.3 is 0 Å². The first-order chi connectivity index (χ1) is 11.7. The Morgan fingerprint density at radius 2 is 1.92 bits per heavy atom. The molecule has 0 aliphatic carbocycles. The maximum absolute atomic E-state index is 13.1. The minimum atomic E-state index is -0.464. The Bertz CT molecular complexity index is 722. The maximum atomic E-state index is 13.1. The van der Waals surface area contributed by atoms with Crippen LogP contribution in [-0.2, 0) is 16.0 Å². The van der Waals surface area contributed by atoms with Gasteiger partial charge in [0.2, 0.25) is 0 Å². The van der Waals surface area contributed by atoms with Crippen molar-refractivity contribution in [3.8, 4) is 5.75 Å². The quantitative estimate of drug-likeness (QED) is 0.851. The average Bonchev–Trinajstić information content (AvgIpc) is 3.06. The lowest BCUT2D eigenvalue weighted by Gasteiger charge is -2.34. The molecular weight excluding hydrogens is 309 g/mol. The van der Waals surface area contributed by atoms with E-state index < -0.39 is 6.10 Å². The molecule has 1 fully saturated rings. The molecule has 2 atom stereocenters. The number of morpholine rings is 1. The predicted octanol–water partition coefficient (Wildman–Crippen LogP) is 2.73. The van der Waals surface area contributed by atoms with Crippen LogP contribution >= 0.6 is 0 Å². The molecule has 0 unspecified atom stereocenters. The number of carbonyl (C=O) groups excluding carboxylic acids is 1. The number of para-hydroxylation sites is 1. The summed E-state index contributed by atoms with van der Waals surface area (Å²) < 4.78 is 24.6. The molecule has 0 bridgehead atoms. The van der Waals surface area contributed by atoms with Gasteiger partial charge in [0.1, 0.15) is 17.7 Å². The zero-order valence-corrected chi connectivity index (χ0v) is 13.2. The smallest absolute Gasteiger partial charge is 0.264 e. The molecule has 1 saturated heterocycles. The highest BCUT2D eigenvalue weighted by molar-refractivity contribution is 5.82. The first-order valence-corrected chi connectivity index (χ1v) is 8.11. The van der Waals surface area contributed by atoms with Crippen molar-refractivity contribution in [3.05, 3.63) is 65.5 Å². The number of amides is 1. The van der Waals surface area contributed by atoms with Crippen molar-refractivity contribution < 1.29 is 18.7 Å². The fourth-order valence-electron chi connectivity index (χ4n) is 3.25. The molecule has 2 aliphatic rings. The Labute approximate surface area is 139 Å². The topological polar surface area (TPSA) is 38.8 Å². The van der Waals surface area contributed by atoms with Gasteiger partial charge in [0, 0.05) is 13.0 Å². The standard InChI is InChI=1S/C19H18FNO3/c20-15-7-5-13(6-8-15)18-12-21(9-10-23-18)19(22)17-11-14-3-1-2-4-16(14)24-17/h1-8,17-18H,9-12H2/t17-,18-/m0/s1. The van der Waals surface area contributed by atoms with Gasteiger partial charge < -0.3 is 14.4 Å². The summed E-state index contributed by atoms with van der Waals surface area (Å²) in [4.78, 5) is 14.6. The molecule has 0 N–H and O–H groups in total. The molecule has 2 heterocycles. The number of halogens is 1. The Kier molecular flexibility index (Phi) is 3.94. The molecule has 4 nitrogen and oxygen atoms in total. The first-order valence-electron chi connectivity index (χ1n) is 8.11. The van der Waals surface area contributed by atoms with Crippen LogP contribution in [0.5, 0.6) is 5.75 Å². The summed E-state index contributed by atoms with van der Waals surface area (Å²) in [5, 5.41) is 0. The Balaban J connectivity index is 1.45. The average molecular weight is 327 g/mol. The van der Waals surface area contributed by atoms with E-state index in [1.807, 2.05) is 24.3 Å². The largest absolute Gasteiger partial charge is 0.480 e. The van der Waals surface area contributed by atoms with Crippen molar-refractivity contribution in [2.75, 3.05) is 19.7 Å². The van der Waals surface area contributed by atoms with Crippen LogP contribution in [0.25, 0.3) is 0 Å². The highest BCUT2D eigenvalue weighted by Gasteiger charge is 2.34. The lowest BCUT2D eigenvalue weighted by atomic mass is 10.1. The number of hydrogen-bond donors (Lipinski definition) is 0. The zero-order chi connectivity index (χ0) is 16.5. The molecule has 0 radical (unpaired) electrons. The van der Waals surface area contributed by atoms with Gasteiger partial charge in [0.25, 0.3) is 5.91 Å². The Morgan fingerprint density at radius 3 is 2.71 bits per heavy atom. The van der Waals surface area contributed by atoms with Crippen molar-refractivity contribution in [2.45, 2.75) is 18.6 Å². The SMILES string of the molecule is O=C([C@@H]1Cc2ccccc2O1)N1CCO[C@H](c2ccc(F)cc2)C1. The van der Waals surface area contributed by atoms with E-state index in [2.05, 4.69) is 0 Å². The lowest BCUT2D eigenvalue weighted by molar-refractivity contribution is -0.145. The molecule has 0 spiro atoms. The van der Waals surface area contributed by atoms with Crippen LogP contribution in [0.3, 0.4) is 0 Å². The van der Waals surface area contributed by atoms with Crippen molar-refractivity contribution in [1.29, 1.82) is 0 Å². The van der Waals surface area contributed by atoms with Gasteiger partial charge in [0.05, 0.1) is 13.2 Å². The van der Waals surface area contributed by atoms with E-state index in [4.69, 9.17) is 9.47 Å². The summed E-state index contributed by atoms with van der Waals surface area (Å²) in [5.41, 5.74) is 1.95. The molecule has 0 aromatic heterocycles. The Morgan fingerprint density at radius 1 is 1.12 bits per heavy atom. The van der Waals surface area contributed by atoms with E-state index in [1.54, 1.807) is 17.0 Å². The van der Waals surface area contributed by atoms with E-state index in [9.17, 15) is 9.18 Å². The minimum Gasteiger partial charge on any atom is -0.480 e. The summed E-state index contributed by atoms with van der Waals surface area (Å²) in [6, 6.07) is 14.0. The summed E-state index contributed by atoms with van der Waals surface area (Å²) in [6.45, 7) is 1.47. The fraction of sp³-hybridized carbons (Fsp3) is 0.316. The van der Waals surface area contributed by atoms with E-state index in [-0.39, 0.29) is 17.8 Å². The first kappa shape index (κ1) is 15.1. The molecule has 0 saturated carbocycles. The van der Waals surface area contributed by atoms with E-state index in [0.29, 0.717) is 26.1 Å². The van der Waals surface area contributed by atoms with Crippen LogP contribution in [0, 0.1) is 5.82 Å². The third-order valence-electron chi connectivity index (χ3n) is 4.54. The number of rotatable bonds is 2. The van der Waals surface area contributed by atoms with Crippen LogP contribution < -0.4 is 4.74 Å². The summed E-state index contributed by atoms with van der Waals surface area (Å²) in [6.07, 6.45) is -0.0884. The number of fused-ring (bicyclic) bond motifs is 1. The van der Waals surface area contributed by atoms with E-state index >= 15 is 0 Å². The number of nitrogens with zero attached hydrogens (tertiary/aromatic N) is 1. The lowest BCUT2D eigenvalue weighted by Crippen LogP contribution is -2.47. The van der Waals surface area contributed by atoms with Crippen molar-refractivity contribution in [3.63, 3.8) is 0 Å². The third kappa shape index (κ3) is 2.87. The molecule has 2 aromatic rings. The molecule has 2 aromatic carbocycles. The molecule has 2 aliphatic heterocycles. The van der Waals surface area contributed by atoms with Crippen molar-refractivity contribution in [2.24, 2.45) is 0 Å². The van der Waals surface area contributed by atoms with Gasteiger partial charge in [-0.15, -0.1) is 0 Å². The second-order valence-electron chi connectivity index (χ2n) is 6.11. The molecule has 5 heteroatoms. The number of hydrogen-bond acceptors (Lipinski definition) is 3. The molecular formula is C19H18FNO3. The molecule has 124 valence electrons. The predicted molar refractivity (Wildman–Crippen MR) is 86.2 cm³/mol. The van der Waals surface area contributed by atoms with Gasteiger partial charge in [-0.05, 0) is 29.3 Å². The van der Waals surface area contributed by atoms with Gasteiger partial charge in [-0.2, -0.15) is 0 Å². The monoisotopic (exact) mass is 327 g/mol. The van der Waals surface area contributed by atoms with Gasteiger partial charge in [-0.25, -0.2) is 4.39 Å². The molecule has 1 amide bonds. The van der Waals surface area contributed by atoms with Crippen LogP contribution in [-0.4, -0.2) is 36.6 Å². The summed E-state index contributed by atoms with van der Waals surface area (Å²) in [7, 11) is 0. The number of benzene rings is 2. The maximum Gasteiger partial charge on any atom is 0.264 e. The second-order valence-corrected chi connectivity index (χ2v) is 6.11. The number of ether oxygens (including phenoxy) is 2. The van der Waals surface area contributed by atoms with Gasteiger partial charge in [-0.1, -0.05) is 30.3 Å². The van der Waals surface area contributed by atoms with E-state index in [0.717, 1.165) is 16.9 Å². The van der Waals surface area contributed by atoms with Crippen molar-refractivity contribution >= 4 is 5.91 Å². The van der Waals surface area contributed by atoms with Crippen LogP contribution in [0.4, 0.5) is 4.39 Å². The number of carbonyl (C=O) groups is 1. The fourth-order valence-corrected chi connectivity index (χ4v) is 3.25. The highest BCUT2D eigenvalue weighted by Crippen LogP contribution is 2.30. The van der Waals surface area contributed by atoms with Crippen LogP contribution in [0.15, 0.2) is 48.5 Å². The molecule has 24 heavy (non-hydrogen) atoms. The second kappa shape index (κ2) is 6.24. The van der Waals surface area contributed by atoms with Gasteiger partial charge in [-0.3, -0.25) is 4.79 Å². The zero-order valence-electron chi connectivity index (χ0n) is 13.2. The van der Waals surface area contributed by atoms with Crippen LogP contribution in [0.1, 0.15) is 17.2 Å². The molecule has 4 rings (SSSR count). The third-order valence-corrected chi connectivity index (χ3v) is 4.54. The van der Waals surface area contributed by atoms with Gasteiger partial charge in [0.15, 0.2) is 6.10 Å². The minimum absolute atomic E-state index is 0.0124. The summed E-state index contributed by atoms with van der Waals surface area (Å²) >= 11 is 0. The highest BCUT2D eigenvalue weighted by atomic mass is 19.1. The summed E-state index contributed by atoms with van der Waals surface area (Å²) in [5.74, 6) is 0.500.